The summed E-state index contributed by atoms with van der Waals surface area (Å²) < 4.78 is 5.14. The van der Waals surface area contributed by atoms with E-state index in [2.05, 4.69) is 10.6 Å². The molecule has 1 heterocycles. The molecule has 1 aliphatic rings. The standard InChI is InChI=1S/C17H23N3O5.ClH/c1-11(2)25-16(21)9-14(19-17(22)12-7-8-18-10-12)13-5-3-4-6-15(13)20(23)24;/h3-6,11-12,14,18H,7-10H2,1-2H3,(H,19,22);1H. The van der Waals surface area contributed by atoms with Gasteiger partial charge in [0.15, 0.2) is 0 Å². The number of amides is 1. The normalized spacial score (nSPS) is 17.3. The minimum absolute atomic E-state index is 0. The van der Waals surface area contributed by atoms with Crippen LogP contribution >= 0.6 is 12.4 Å². The van der Waals surface area contributed by atoms with Crippen molar-refractivity contribution < 1.29 is 19.2 Å². The number of nitro groups is 1. The summed E-state index contributed by atoms with van der Waals surface area (Å²) >= 11 is 0. The molecule has 2 unspecified atom stereocenters. The number of nitrogens with one attached hydrogen (secondary N) is 2. The maximum atomic E-state index is 12.4. The number of benzene rings is 1. The van der Waals surface area contributed by atoms with Gasteiger partial charge in [-0.3, -0.25) is 19.7 Å². The highest BCUT2D eigenvalue weighted by Gasteiger charge is 2.30. The molecule has 0 spiro atoms. The average molecular weight is 386 g/mol. The van der Waals surface area contributed by atoms with Crippen LogP contribution in [0, 0.1) is 16.0 Å². The molecule has 1 aromatic rings. The van der Waals surface area contributed by atoms with Gasteiger partial charge in [0.25, 0.3) is 5.69 Å². The fourth-order valence-electron chi connectivity index (χ4n) is 2.83. The molecule has 0 saturated carbocycles. The summed E-state index contributed by atoms with van der Waals surface area (Å²) in [6, 6.07) is 5.30. The van der Waals surface area contributed by atoms with Gasteiger partial charge in [0.2, 0.25) is 5.91 Å². The van der Waals surface area contributed by atoms with Gasteiger partial charge in [0.1, 0.15) is 0 Å². The van der Waals surface area contributed by atoms with Crippen molar-refractivity contribution in [1.82, 2.24) is 10.6 Å². The van der Waals surface area contributed by atoms with Crippen molar-refractivity contribution in [1.29, 1.82) is 0 Å². The summed E-state index contributed by atoms with van der Waals surface area (Å²) in [5.74, 6) is -0.931. The Morgan fingerprint density at radius 1 is 1.38 bits per heavy atom. The number of nitrogens with zero attached hydrogens (tertiary/aromatic N) is 1. The number of ether oxygens (including phenoxy) is 1. The highest BCUT2D eigenvalue weighted by atomic mass is 35.5. The van der Waals surface area contributed by atoms with Gasteiger partial charge in [-0.1, -0.05) is 18.2 Å². The van der Waals surface area contributed by atoms with E-state index in [1.165, 1.54) is 6.07 Å². The number of esters is 1. The second-order valence-corrected chi connectivity index (χ2v) is 6.31. The van der Waals surface area contributed by atoms with Crippen LogP contribution in [0.4, 0.5) is 5.69 Å². The molecule has 1 aliphatic heterocycles. The molecule has 1 saturated heterocycles. The third kappa shape index (κ3) is 5.96. The van der Waals surface area contributed by atoms with Gasteiger partial charge in [-0.05, 0) is 26.8 Å². The Bertz CT molecular complexity index is 647. The maximum absolute atomic E-state index is 12.4. The zero-order valence-corrected chi connectivity index (χ0v) is 15.6. The van der Waals surface area contributed by atoms with Gasteiger partial charge in [0, 0.05) is 12.6 Å². The third-order valence-electron chi connectivity index (χ3n) is 3.99. The van der Waals surface area contributed by atoms with Crippen LogP contribution in [0.5, 0.6) is 0 Å². The van der Waals surface area contributed by atoms with Crippen molar-refractivity contribution in [2.45, 2.75) is 38.8 Å². The van der Waals surface area contributed by atoms with Crippen LogP contribution in [0.25, 0.3) is 0 Å². The highest BCUT2D eigenvalue weighted by molar-refractivity contribution is 5.85. The van der Waals surface area contributed by atoms with Gasteiger partial charge in [-0.15, -0.1) is 12.4 Å². The smallest absolute Gasteiger partial charge is 0.308 e. The Balaban J connectivity index is 0.00000338. The van der Waals surface area contributed by atoms with Crippen molar-refractivity contribution in [3.8, 4) is 0 Å². The molecule has 8 nitrogen and oxygen atoms in total. The van der Waals surface area contributed by atoms with E-state index in [0.717, 1.165) is 6.54 Å². The number of halogens is 1. The lowest BCUT2D eigenvalue weighted by molar-refractivity contribution is -0.385. The van der Waals surface area contributed by atoms with E-state index in [1.807, 2.05) is 0 Å². The monoisotopic (exact) mass is 385 g/mol. The lowest BCUT2D eigenvalue weighted by atomic mass is 10.00. The van der Waals surface area contributed by atoms with Gasteiger partial charge in [-0.25, -0.2) is 0 Å². The Hall–Kier alpha value is -2.19. The van der Waals surface area contributed by atoms with Crippen LogP contribution in [-0.2, 0) is 14.3 Å². The largest absolute Gasteiger partial charge is 0.463 e. The average Bonchev–Trinajstić information content (AvgIpc) is 3.08. The van der Waals surface area contributed by atoms with E-state index < -0.39 is 16.9 Å². The van der Waals surface area contributed by atoms with Gasteiger partial charge in [-0.2, -0.15) is 0 Å². The summed E-state index contributed by atoms with van der Waals surface area (Å²) in [7, 11) is 0. The summed E-state index contributed by atoms with van der Waals surface area (Å²) in [5, 5.41) is 17.2. The Labute approximate surface area is 158 Å². The van der Waals surface area contributed by atoms with Crippen LogP contribution in [-0.4, -0.2) is 36.0 Å². The summed E-state index contributed by atoms with van der Waals surface area (Å²) in [6.45, 7) is 4.76. The second-order valence-electron chi connectivity index (χ2n) is 6.31. The van der Waals surface area contributed by atoms with E-state index in [4.69, 9.17) is 4.74 Å². The number of rotatable bonds is 7. The van der Waals surface area contributed by atoms with E-state index in [0.29, 0.717) is 18.5 Å². The zero-order chi connectivity index (χ0) is 18.4. The molecule has 2 rings (SSSR count). The second kappa shape index (κ2) is 10.1. The minimum atomic E-state index is -0.805. The lowest BCUT2D eigenvalue weighted by Crippen LogP contribution is -2.36. The van der Waals surface area contributed by atoms with Crippen molar-refractivity contribution in [2.24, 2.45) is 5.92 Å². The van der Waals surface area contributed by atoms with E-state index >= 15 is 0 Å². The molecule has 0 bridgehead atoms. The lowest BCUT2D eigenvalue weighted by Gasteiger charge is -2.21. The first-order valence-corrected chi connectivity index (χ1v) is 8.32. The quantitative estimate of drug-likeness (QED) is 0.422. The molecule has 9 heteroatoms. The molecular formula is C17H24ClN3O5. The fraction of sp³-hybridized carbons (Fsp3) is 0.529. The molecule has 1 amide bonds. The molecule has 0 aliphatic carbocycles. The minimum Gasteiger partial charge on any atom is -0.463 e. The molecule has 2 N–H and O–H groups in total. The van der Waals surface area contributed by atoms with Gasteiger partial charge >= 0.3 is 5.97 Å². The first-order chi connectivity index (χ1) is 11.9. The Kier molecular flexibility index (Phi) is 8.47. The number of nitro benzene ring substituents is 1. The molecule has 2 atom stereocenters. The fourth-order valence-corrected chi connectivity index (χ4v) is 2.83. The highest BCUT2D eigenvalue weighted by Crippen LogP contribution is 2.28. The SMILES string of the molecule is CC(C)OC(=O)CC(NC(=O)C1CCNC1)c1ccccc1[N+](=O)[O-].Cl. The van der Waals surface area contributed by atoms with Gasteiger partial charge < -0.3 is 15.4 Å². The van der Waals surface area contributed by atoms with Gasteiger partial charge in [0.05, 0.1) is 35.0 Å². The maximum Gasteiger partial charge on any atom is 0.308 e. The number of hydrogen-bond donors (Lipinski definition) is 2. The van der Waals surface area contributed by atoms with Crippen LogP contribution < -0.4 is 10.6 Å². The molecule has 0 radical (unpaired) electrons. The molecule has 1 fully saturated rings. The van der Waals surface area contributed by atoms with Crippen molar-refractivity contribution in [3.63, 3.8) is 0 Å². The van der Waals surface area contributed by atoms with Crippen molar-refractivity contribution in [3.05, 3.63) is 39.9 Å². The van der Waals surface area contributed by atoms with Crippen LogP contribution in [0.3, 0.4) is 0 Å². The molecule has 0 aromatic heterocycles. The van der Waals surface area contributed by atoms with Crippen molar-refractivity contribution in [2.75, 3.05) is 13.1 Å². The first-order valence-electron chi connectivity index (χ1n) is 8.32. The van der Waals surface area contributed by atoms with E-state index in [1.54, 1.807) is 32.0 Å². The Morgan fingerprint density at radius 2 is 2.08 bits per heavy atom. The Morgan fingerprint density at radius 3 is 2.65 bits per heavy atom. The van der Waals surface area contributed by atoms with Crippen LogP contribution in [0.1, 0.15) is 38.3 Å². The zero-order valence-electron chi connectivity index (χ0n) is 14.8. The first kappa shape index (κ1) is 21.9. The molecule has 144 valence electrons. The van der Waals surface area contributed by atoms with Crippen LogP contribution in [0.2, 0.25) is 0 Å². The van der Waals surface area contributed by atoms with Crippen molar-refractivity contribution >= 4 is 30.0 Å². The molecular weight excluding hydrogens is 362 g/mol. The summed E-state index contributed by atoms with van der Waals surface area (Å²) in [5.41, 5.74) is 0.169. The number of carbonyl (C=O) groups is 2. The predicted molar refractivity (Wildman–Crippen MR) is 98.0 cm³/mol. The molecule has 1 aromatic carbocycles. The third-order valence-corrected chi connectivity index (χ3v) is 3.99. The predicted octanol–water partition coefficient (Wildman–Crippen LogP) is 2.13. The molecule has 26 heavy (non-hydrogen) atoms. The van der Waals surface area contributed by atoms with E-state index in [-0.39, 0.29) is 42.4 Å². The summed E-state index contributed by atoms with van der Waals surface area (Å²) in [6.07, 6.45) is 0.245. The number of carbonyl (C=O) groups excluding carboxylic acids is 2. The number of para-hydroxylation sites is 1. The topological polar surface area (TPSA) is 111 Å². The van der Waals surface area contributed by atoms with E-state index in [9.17, 15) is 19.7 Å². The van der Waals surface area contributed by atoms with Crippen LogP contribution in [0.15, 0.2) is 24.3 Å². The number of hydrogen-bond acceptors (Lipinski definition) is 6. The summed E-state index contributed by atoms with van der Waals surface area (Å²) in [4.78, 5) is 35.3.